The van der Waals surface area contributed by atoms with Crippen molar-refractivity contribution in [2.24, 2.45) is 0 Å². The van der Waals surface area contributed by atoms with E-state index in [4.69, 9.17) is 18.9 Å². The summed E-state index contributed by atoms with van der Waals surface area (Å²) in [5, 5.41) is 6.30. The molecule has 0 radical (unpaired) electrons. The van der Waals surface area contributed by atoms with Crippen molar-refractivity contribution in [1.82, 2.24) is 10.6 Å². The molecule has 6 nitrogen and oxygen atoms in total. The molecule has 0 amide bonds. The van der Waals surface area contributed by atoms with Crippen LogP contribution in [0.15, 0.2) is 36.4 Å². The number of nitrogens with one attached hydrogen (secondary N) is 2. The highest BCUT2D eigenvalue weighted by Gasteiger charge is 2.23. The molecule has 0 aliphatic carbocycles. The van der Waals surface area contributed by atoms with Gasteiger partial charge < -0.3 is 29.6 Å². The Morgan fingerprint density at radius 2 is 1.20 bits per heavy atom. The lowest BCUT2D eigenvalue weighted by atomic mass is 9.96. The second-order valence-electron chi connectivity index (χ2n) is 7.39. The van der Waals surface area contributed by atoms with Crippen molar-refractivity contribution in [2.45, 2.75) is 25.0 Å². The van der Waals surface area contributed by atoms with Crippen LogP contribution in [0.1, 0.15) is 34.5 Å². The summed E-state index contributed by atoms with van der Waals surface area (Å²) in [5.41, 5.74) is 5.11. The van der Waals surface area contributed by atoms with Crippen LogP contribution in [0.25, 0.3) is 0 Å². The van der Waals surface area contributed by atoms with Crippen molar-refractivity contribution in [3.63, 3.8) is 0 Å². The molecule has 164 valence electrons. The van der Waals surface area contributed by atoms with Gasteiger partial charge in [-0.15, -0.1) is 0 Å². The number of methoxy groups -OCH3 is 2. The van der Waals surface area contributed by atoms with Crippen LogP contribution in [0, 0.1) is 0 Å². The number of ether oxygens (including phenoxy) is 4. The van der Waals surface area contributed by atoms with E-state index in [9.17, 15) is 0 Å². The normalized spacial score (nSPS) is 19.7. The second-order valence-corrected chi connectivity index (χ2v) is 7.39. The van der Waals surface area contributed by atoms with Crippen molar-refractivity contribution in [3.05, 3.63) is 58.7 Å². The summed E-state index contributed by atoms with van der Waals surface area (Å²) < 4.78 is 22.2. The first-order valence-electron chi connectivity index (χ1n) is 10.6. The van der Waals surface area contributed by atoms with E-state index in [2.05, 4.69) is 22.8 Å². The maximum atomic E-state index is 5.73. The molecule has 0 aromatic heterocycles. The van der Waals surface area contributed by atoms with Crippen molar-refractivity contribution < 1.29 is 18.9 Å². The van der Waals surface area contributed by atoms with Crippen LogP contribution in [0.3, 0.4) is 0 Å². The van der Waals surface area contributed by atoms with Crippen LogP contribution in [0.2, 0.25) is 0 Å². The molecule has 0 bridgehead atoms. The predicted molar refractivity (Wildman–Crippen MR) is 119 cm³/mol. The topological polar surface area (TPSA) is 61.0 Å². The van der Waals surface area contributed by atoms with E-state index in [-0.39, 0.29) is 12.2 Å². The Balaban J connectivity index is 0.000000171. The third kappa shape index (κ3) is 5.13. The molecule has 2 N–H and O–H groups in total. The Morgan fingerprint density at radius 3 is 1.57 bits per heavy atom. The van der Waals surface area contributed by atoms with Crippen LogP contribution < -0.4 is 20.1 Å². The minimum absolute atomic E-state index is 0.161. The Kier molecular flexibility index (Phi) is 8.51. The number of fused-ring (bicyclic) bond motifs is 2. The van der Waals surface area contributed by atoms with Gasteiger partial charge in [0, 0.05) is 24.2 Å². The van der Waals surface area contributed by atoms with Gasteiger partial charge >= 0.3 is 0 Å². The zero-order chi connectivity index (χ0) is 21.3. The average Bonchev–Trinajstić information content (AvgIpc) is 2.79. The Labute approximate surface area is 179 Å². The van der Waals surface area contributed by atoms with Crippen molar-refractivity contribution >= 4 is 0 Å². The number of hydrogen-bond donors (Lipinski definition) is 2. The number of hydrogen-bond acceptors (Lipinski definition) is 6. The molecule has 2 aromatic rings. The van der Waals surface area contributed by atoms with Gasteiger partial charge in [0.1, 0.15) is 11.5 Å². The fourth-order valence-electron chi connectivity index (χ4n) is 4.18. The lowest BCUT2D eigenvalue weighted by Crippen LogP contribution is -2.25. The number of likely N-dealkylation sites (N-methyl/N-ethyl adjacent to an activating group) is 2. The molecule has 4 rings (SSSR count). The molecule has 0 fully saturated rings. The first-order chi connectivity index (χ1) is 14.7. The molecule has 0 spiro atoms. The van der Waals surface area contributed by atoms with Crippen molar-refractivity contribution in [2.75, 3.05) is 54.6 Å². The van der Waals surface area contributed by atoms with Crippen molar-refractivity contribution in [1.29, 1.82) is 0 Å². The first kappa shape index (κ1) is 22.6. The van der Waals surface area contributed by atoms with Crippen LogP contribution >= 0.6 is 0 Å². The lowest BCUT2D eigenvalue weighted by molar-refractivity contribution is 0.0430. The quantitative estimate of drug-likeness (QED) is 0.758. The number of benzene rings is 2. The SMILES string of the molecule is CNC[C@@H]1OCCc2c(OC)cccc21.CNC[C@H]1OCCc2c(OC)cccc21. The molecule has 2 aliphatic rings. The second kappa shape index (κ2) is 11.3. The van der Waals surface area contributed by atoms with Crippen LogP contribution in [-0.4, -0.2) is 54.6 Å². The summed E-state index contributed by atoms with van der Waals surface area (Å²) in [6.45, 7) is 3.25. The highest BCUT2D eigenvalue weighted by molar-refractivity contribution is 5.43. The van der Waals surface area contributed by atoms with Crippen LogP contribution in [0.4, 0.5) is 0 Å². The highest BCUT2D eigenvalue weighted by atomic mass is 16.5. The van der Waals surface area contributed by atoms with E-state index in [0.29, 0.717) is 0 Å². The fraction of sp³-hybridized carbons (Fsp3) is 0.500. The van der Waals surface area contributed by atoms with E-state index in [1.165, 1.54) is 22.3 Å². The average molecular weight is 415 g/mol. The Morgan fingerprint density at radius 1 is 0.767 bits per heavy atom. The fourth-order valence-corrected chi connectivity index (χ4v) is 4.18. The molecule has 0 unspecified atom stereocenters. The summed E-state index contributed by atoms with van der Waals surface area (Å²) in [4.78, 5) is 0. The molecular formula is C24H34N2O4. The zero-order valence-corrected chi connectivity index (χ0v) is 18.5. The molecule has 30 heavy (non-hydrogen) atoms. The highest BCUT2D eigenvalue weighted by Crippen LogP contribution is 2.33. The standard InChI is InChI=1S/2C12H17NO2/c2*1-13-8-12-9-4-3-5-11(14-2)10(9)6-7-15-12/h2*3-5,12-13H,6-8H2,1-2H3/t2*12-/m10/s1. The third-order valence-corrected chi connectivity index (χ3v) is 5.59. The van der Waals surface area contributed by atoms with Gasteiger partial charge in [-0.3, -0.25) is 0 Å². The van der Waals surface area contributed by atoms with Gasteiger partial charge in [0.2, 0.25) is 0 Å². The molecule has 6 heteroatoms. The summed E-state index contributed by atoms with van der Waals surface area (Å²) >= 11 is 0. The lowest BCUT2D eigenvalue weighted by Gasteiger charge is -2.27. The molecule has 2 aliphatic heterocycles. The maximum Gasteiger partial charge on any atom is 0.122 e. The molecule has 0 saturated heterocycles. The minimum Gasteiger partial charge on any atom is -0.496 e. The zero-order valence-electron chi connectivity index (χ0n) is 18.5. The van der Waals surface area contributed by atoms with Gasteiger partial charge in [-0.2, -0.15) is 0 Å². The predicted octanol–water partition coefficient (Wildman–Crippen LogP) is 3.06. The van der Waals surface area contributed by atoms with Gasteiger partial charge in [-0.05, 0) is 50.2 Å². The number of rotatable bonds is 6. The van der Waals surface area contributed by atoms with Gasteiger partial charge in [0.25, 0.3) is 0 Å². The largest absolute Gasteiger partial charge is 0.496 e. The van der Waals surface area contributed by atoms with E-state index >= 15 is 0 Å². The summed E-state index contributed by atoms with van der Waals surface area (Å²) in [6, 6.07) is 12.3. The van der Waals surface area contributed by atoms with Crippen molar-refractivity contribution in [3.8, 4) is 11.5 Å². The summed E-state index contributed by atoms with van der Waals surface area (Å²) in [7, 11) is 7.33. The first-order valence-corrected chi connectivity index (χ1v) is 10.6. The van der Waals surface area contributed by atoms with Crippen LogP contribution in [0.5, 0.6) is 11.5 Å². The smallest absolute Gasteiger partial charge is 0.122 e. The summed E-state index contributed by atoms with van der Waals surface area (Å²) in [6.07, 6.45) is 2.21. The van der Waals surface area contributed by atoms with Gasteiger partial charge in [0.05, 0.1) is 39.6 Å². The third-order valence-electron chi connectivity index (χ3n) is 5.59. The van der Waals surface area contributed by atoms with Gasteiger partial charge in [-0.1, -0.05) is 24.3 Å². The maximum absolute atomic E-state index is 5.73. The van der Waals surface area contributed by atoms with E-state index in [0.717, 1.165) is 50.6 Å². The van der Waals surface area contributed by atoms with Crippen LogP contribution in [-0.2, 0) is 22.3 Å². The van der Waals surface area contributed by atoms with E-state index in [1.54, 1.807) is 14.2 Å². The van der Waals surface area contributed by atoms with E-state index < -0.39 is 0 Å². The molecule has 2 atom stereocenters. The minimum atomic E-state index is 0.161. The Hall–Kier alpha value is -2.12. The van der Waals surface area contributed by atoms with Gasteiger partial charge in [0.15, 0.2) is 0 Å². The van der Waals surface area contributed by atoms with E-state index in [1.807, 2.05) is 38.4 Å². The molecule has 2 aromatic carbocycles. The van der Waals surface area contributed by atoms with Gasteiger partial charge in [-0.25, -0.2) is 0 Å². The summed E-state index contributed by atoms with van der Waals surface area (Å²) in [5.74, 6) is 1.97. The molecule has 2 heterocycles. The molecular weight excluding hydrogens is 380 g/mol. The Bertz CT molecular complexity index is 744. The molecule has 0 saturated carbocycles. The monoisotopic (exact) mass is 414 g/mol.